The van der Waals surface area contributed by atoms with Crippen molar-refractivity contribution in [1.29, 1.82) is 0 Å². The van der Waals surface area contributed by atoms with Crippen LogP contribution < -0.4 is 0 Å². The summed E-state index contributed by atoms with van der Waals surface area (Å²) in [5, 5.41) is 1.95. The summed E-state index contributed by atoms with van der Waals surface area (Å²) in [6.07, 6.45) is 0. The second kappa shape index (κ2) is 6.94. The molecule has 20 heavy (non-hydrogen) atoms. The summed E-state index contributed by atoms with van der Waals surface area (Å²) in [6.45, 7) is 0. The van der Waals surface area contributed by atoms with Crippen LogP contribution in [0.15, 0.2) is 36.4 Å². The Hall–Kier alpha value is -1.28. The van der Waals surface area contributed by atoms with Gasteiger partial charge in [-0.3, -0.25) is 0 Å². The van der Waals surface area contributed by atoms with Crippen molar-refractivity contribution in [3.05, 3.63) is 67.6 Å². The predicted octanol–water partition coefficient (Wildman–Crippen LogP) is 5.70. The fourth-order valence-electron chi connectivity index (χ4n) is 1.42. The maximum atomic E-state index is 6.00. The summed E-state index contributed by atoms with van der Waals surface area (Å²) in [7, 11) is 0. The molecule has 0 atom stereocenters. The summed E-state index contributed by atoms with van der Waals surface area (Å²) in [4.78, 5) is 0. The summed E-state index contributed by atoms with van der Waals surface area (Å²) in [5.41, 5.74) is 1.10. The Morgan fingerprint density at radius 3 is 1.15 bits per heavy atom. The van der Waals surface area contributed by atoms with E-state index in [2.05, 4.69) is 23.7 Å². The van der Waals surface area contributed by atoms with E-state index in [4.69, 9.17) is 46.4 Å². The first-order valence-corrected chi connectivity index (χ1v) is 7.01. The molecule has 0 radical (unpaired) electrons. The zero-order valence-corrected chi connectivity index (χ0v) is 13.0. The molecule has 0 nitrogen and oxygen atoms in total. The first-order valence-electron chi connectivity index (χ1n) is 5.49. The summed E-state index contributed by atoms with van der Waals surface area (Å²) >= 11 is 24.0. The smallest absolute Gasteiger partial charge is 0.0628 e. The highest BCUT2D eigenvalue weighted by molar-refractivity contribution is 6.37. The topological polar surface area (TPSA) is 0 Å². The standard InChI is InChI=1S/C16H6Cl4/c17-13-7-3-8-14(18)11(13)5-1-2-6-12-15(19)9-4-10-16(12)20/h3-4,7-10H. The second-order valence-corrected chi connectivity index (χ2v) is 5.32. The van der Waals surface area contributed by atoms with Crippen molar-refractivity contribution in [2.75, 3.05) is 0 Å². The SMILES string of the molecule is Clc1cccc(Cl)c1C#CC#Cc1c(Cl)cccc1Cl. The van der Waals surface area contributed by atoms with Crippen LogP contribution in [-0.4, -0.2) is 0 Å². The van der Waals surface area contributed by atoms with Crippen molar-refractivity contribution in [2.45, 2.75) is 0 Å². The van der Waals surface area contributed by atoms with Gasteiger partial charge in [-0.2, -0.15) is 0 Å². The number of hydrogen-bond acceptors (Lipinski definition) is 0. The minimum absolute atomic E-state index is 0.488. The van der Waals surface area contributed by atoms with Crippen LogP contribution in [0, 0.1) is 23.7 Å². The number of hydrogen-bond donors (Lipinski definition) is 0. The fraction of sp³-hybridized carbons (Fsp3) is 0. The molecule has 2 aromatic carbocycles. The Balaban J connectivity index is 2.32. The van der Waals surface area contributed by atoms with Gasteiger partial charge in [-0.1, -0.05) is 58.5 Å². The van der Waals surface area contributed by atoms with Gasteiger partial charge in [0.2, 0.25) is 0 Å². The van der Waals surface area contributed by atoms with Gasteiger partial charge in [0, 0.05) is 0 Å². The number of halogens is 4. The van der Waals surface area contributed by atoms with Crippen molar-refractivity contribution in [1.82, 2.24) is 0 Å². The Labute approximate surface area is 137 Å². The number of rotatable bonds is 0. The van der Waals surface area contributed by atoms with Crippen LogP contribution in [0.5, 0.6) is 0 Å². The first-order chi connectivity index (χ1) is 9.59. The molecule has 0 aromatic heterocycles. The molecule has 2 aromatic rings. The molecular formula is C16H6Cl4. The molecule has 0 unspecified atom stereocenters. The molecule has 0 bridgehead atoms. The second-order valence-electron chi connectivity index (χ2n) is 3.69. The van der Waals surface area contributed by atoms with E-state index in [1.807, 2.05) is 0 Å². The Morgan fingerprint density at radius 1 is 0.550 bits per heavy atom. The minimum atomic E-state index is 0.488. The van der Waals surface area contributed by atoms with Gasteiger partial charge < -0.3 is 0 Å². The van der Waals surface area contributed by atoms with E-state index in [0.29, 0.717) is 31.2 Å². The normalized spacial score (nSPS) is 9.20. The highest BCUT2D eigenvalue weighted by atomic mass is 35.5. The van der Waals surface area contributed by atoms with Gasteiger partial charge in [-0.25, -0.2) is 0 Å². The molecule has 98 valence electrons. The Morgan fingerprint density at radius 2 is 0.850 bits per heavy atom. The van der Waals surface area contributed by atoms with Crippen LogP contribution in [0.3, 0.4) is 0 Å². The van der Waals surface area contributed by atoms with Gasteiger partial charge >= 0.3 is 0 Å². The lowest BCUT2D eigenvalue weighted by Gasteiger charge is -1.97. The third-order valence-electron chi connectivity index (χ3n) is 2.36. The lowest BCUT2D eigenvalue weighted by Crippen LogP contribution is -1.79. The molecule has 0 aliphatic carbocycles. The van der Waals surface area contributed by atoms with E-state index in [9.17, 15) is 0 Å². The molecule has 0 spiro atoms. The van der Waals surface area contributed by atoms with Gasteiger partial charge in [0.25, 0.3) is 0 Å². The average Bonchev–Trinajstić information content (AvgIpc) is 2.40. The Kier molecular flexibility index (Phi) is 5.24. The van der Waals surface area contributed by atoms with Gasteiger partial charge in [-0.15, -0.1) is 0 Å². The molecular weight excluding hydrogens is 334 g/mol. The lowest BCUT2D eigenvalue weighted by atomic mass is 10.2. The monoisotopic (exact) mass is 338 g/mol. The predicted molar refractivity (Wildman–Crippen MR) is 86.7 cm³/mol. The van der Waals surface area contributed by atoms with Gasteiger partial charge in [0.15, 0.2) is 0 Å². The van der Waals surface area contributed by atoms with Crippen molar-refractivity contribution in [3.63, 3.8) is 0 Å². The van der Waals surface area contributed by atoms with Crippen molar-refractivity contribution in [3.8, 4) is 23.7 Å². The molecule has 4 heteroatoms. The van der Waals surface area contributed by atoms with Gasteiger partial charge in [0.05, 0.1) is 31.2 Å². The van der Waals surface area contributed by atoms with Crippen molar-refractivity contribution < 1.29 is 0 Å². The van der Waals surface area contributed by atoms with Gasteiger partial charge in [-0.05, 0) is 47.9 Å². The zero-order chi connectivity index (χ0) is 14.5. The van der Waals surface area contributed by atoms with Gasteiger partial charge in [0.1, 0.15) is 0 Å². The van der Waals surface area contributed by atoms with E-state index in [-0.39, 0.29) is 0 Å². The molecule has 0 aliphatic heterocycles. The third-order valence-corrected chi connectivity index (χ3v) is 3.62. The highest BCUT2D eigenvalue weighted by Gasteiger charge is 2.01. The fourth-order valence-corrected chi connectivity index (χ4v) is 2.41. The van der Waals surface area contributed by atoms with Crippen molar-refractivity contribution in [2.24, 2.45) is 0 Å². The quantitative estimate of drug-likeness (QED) is 0.540. The maximum absolute atomic E-state index is 6.00. The molecule has 0 aliphatic rings. The van der Waals surface area contributed by atoms with Crippen LogP contribution in [0.25, 0.3) is 0 Å². The first kappa shape index (κ1) is 15.1. The third kappa shape index (κ3) is 3.63. The zero-order valence-electron chi connectivity index (χ0n) is 9.98. The lowest BCUT2D eigenvalue weighted by molar-refractivity contribution is 1.64. The largest absolute Gasteiger partial charge is 0.0829 e. The summed E-state index contributed by atoms with van der Waals surface area (Å²) < 4.78 is 0. The molecule has 0 amide bonds. The molecule has 0 heterocycles. The molecule has 0 saturated heterocycles. The number of benzene rings is 2. The average molecular weight is 340 g/mol. The van der Waals surface area contributed by atoms with Crippen molar-refractivity contribution >= 4 is 46.4 Å². The summed E-state index contributed by atoms with van der Waals surface area (Å²) in [6, 6.07) is 10.4. The highest BCUT2D eigenvalue weighted by Crippen LogP contribution is 2.23. The van der Waals surface area contributed by atoms with E-state index >= 15 is 0 Å². The maximum Gasteiger partial charge on any atom is 0.0628 e. The van der Waals surface area contributed by atoms with Crippen LogP contribution in [0.2, 0.25) is 20.1 Å². The minimum Gasteiger partial charge on any atom is -0.0829 e. The van der Waals surface area contributed by atoms with Crippen LogP contribution in [0.4, 0.5) is 0 Å². The Bertz CT molecular complexity index is 663. The van der Waals surface area contributed by atoms with Crippen LogP contribution in [-0.2, 0) is 0 Å². The van der Waals surface area contributed by atoms with Crippen LogP contribution in [0.1, 0.15) is 11.1 Å². The van der Waals surface area contributed by atoms with E-state index in [0.717, 1.165) is 0 Å². The molecule has 0 saturated carbocycles. The molecule has 0 fully saturated rings. The van der Waals surface area contributed by atoms with E-state index in [1.165, 1.54) is 0 Å². The van der Waals surface area contributed by atoms with E-state index < -0.39 is 0 Å². The van der Waals surface area contributed by atoms with Crippen LogP contribution >= 0.6 is 46.4 Å². The summed E-state index contributed by atoms with van der Waals surface area (Å²) in [5.74, 6) is 11.0. The molecule has 0 N–H and O–H groups in total. The molecule has 2 rings (SSSR count). The van der Waals surface area contributed by atoms with E-state index in [1.54, 1.807) is 36.4 Å².